The third-order valence-corrected chi connectivity index (χ3v) is 9.16. The molecule has 4 nitrogen and oxygen atoms in total. The quantitative estimate of drug-likeness (QED) is 0.148. The minimum atomic E-state index is -0.610. The van der Waals surface area contributed by atoms with Crippen molar-refractivity contribution in [2.45, 2.75) is 12.3 Å². The van der Waals surface area contributed by atoms with Gasteiger partial charge in [0.2, 0.25) is 5.28 Å². The molecule has 0 bridgehead atoms. The van der Waals surface area contributed by atoms with Gasteiger partial charge in [-0.2, -0.15) is 5.26 Å². The molecule has 6 aromatic rings. The van der Waals surface area contributed by atoms with Crippen LogP contribution in [0.1, 0.15) is 34.7 Å². The van der Waals surface area contributed by atoms with Crippen LogP contribution in [-0.2, 0) is 5.41 Å². The van der Waals surface area contributed by atoms with E-state index < -0.39 is 5.41 Å². The largest absolute Gasteiger partial charge is 0.451 e. The van der Waals surface area contributed by atoms with E-state index in [4.69, 9.17) is 27.6 Å². The molecule has 0 radical (unpaired) electrons. The maximum Gasteiger partial charge on any atom is 0.224 e. The number of nitriles is 1. The Balaban J connectivity index is 1.44. The summed E-state index contributed by atoms with van der Waals surface area (Å²) in [7, 11) is 0. The van der Waals surface area contributed by atoms with Crippen LogP contribution in [-0.4, -0.2) is 9.97 Å². The van der Waals surface area contributed by atoms with Gasteiger partial charge in [0.05, 0.1) is 17.0 Å². The Labute approximate surface area is 257 Å². The van der Waals surface area contributed by atoms with Crippen molar-refractivity contribution in [2.75, 3.05) is 0 Å². The van der Waals surface area contributed by atoms with Gasteiger partial charge in [-0.25, -0.2) is 9.97 Å². The van der Waals surface area contributed by atoms with Crippen LogP contribution in [0.2, 0.25) is 10.4 Å². The van der Waals surface area contributed by atoms with E-state index in [0.29, 0.717) is 22.2 Å². The summed E-state index contributed by atoms with van der Waals surface area (Å²) in [6.07, 6.45) is 6.16. The molecule has 4 aromatic carbocycles. The van der Waals surface area contributed by atoms with E-state index in [1.165, 1.54) is 16.7 Å². The second-order valence-corrected chi connectivity index (χ2v) is 11.4. The van der Waals surface area contributed by atoms with Gasteiger partial charge in [0.15, 0.2) is 10.7 Å². The van der Waals surface area contributed by atoms with Gasteiger partial charge in [0.25, 0.3) is 0 Å². The van der Waals surface area contributed by atoms with Crippen molar-refractivity contribution in [1.29, 1.82) is 5.26 Å². The SMILES string of the molecule is C=C/C=C1\C(=C/C)c2ccccc2C12c1cc(C#N)ccc1-c1ccc(-c3ccc4oc5c(Cl)nc(Cl)nc5c4c3)cc12. The van der Waals surface area contributed by atoms with Gasteiger partial charge < -0.3 is 4.42 Å². The van der Waals surface area contributed by atoms with Crippen molar-refractivity contribution >= 4 is 50.8 Å². The smallest absolute Gasteiger partial charge is 0.224 e. The summed E-state index contributed by atoms with van der Waals surface area (Å²) in [5.41, 5.74) is 12.9. The molecule has 6 heteroatoms. The molecule has 8 rings (SSSR count). The minimum Gasteiger partial charge on any atom is -0.451 e. The molecule has 0 saturated heterocycles. The number of fused-ring (bicyclic) bond motifs is 10. The van der Waals surface area contributed by atoms with Crippen molar-refractivity contribution in [3.8, 4) is 28.3 Å². The second kappa shape index (κ2) is 9.28. The van der Waals surface area contributed by atoms with E-state index in [2.05, 4.69) is 102 Å². The lowest BCUT2D eigenvalue weighted by Gasteiger charge is -2.31. The first-order valence-electron chi connectivity index (χ1n) is 13.8. The molecule has 0 N–H and O–H groups in total. The van der Waals surface area contributed by atoms with E-state index in [-0.39, 0.29) is 10.4 Å². The summed E-state index contributed by atoms with van der Waals surface area (Å²) in [5, 5.41) is 11.0. The molecule has 1 spiro atoms. The Hall–Kier alpha value is -4.95. The minimum absolute atomic E-state index is 0.0702. The monoisotopic (exact) mass is 593 g/mol. The van der Waals surface area contributed by atoms with Crippen molar-refractivity contribution in [1.82, 2.24) is 9.97 Å². The van der Waals surface area contributed by atoms with Gasteiger partial charge in [0, 0.05) is 5.39 Å². The summed E-state index contributed by atoms with van der Waals surface area (Å²) in [4.78, 5) is 8.45. The number of halogens is 2. The normalized spacial score (nSPS) is 18.4. The number of rotatable bonds is 2. The average Bonchev–Trinajstić information content (AvgIpc) is 3.64. The highest BCUT2D eigenvalue weighted by Gasteiger charge is 2.53. The van der Waals surface area contributed by atoms with Crippen LogP contribution < -0.4 is 0 Å². The topological polar surface area (TPSA) is 62.7 Å². The summed E-state index contributed by atoms with van der Waals surface area (Å²) < 4.78 is 5.98. The van der Waals surface area contributed by atoms with Crippen LogP contribution in [0.3, 0.4) is 0 Å². The Kier molecular flexibility index (Phi) is 5.55. The number of benzene rings is 4. The van der Waals surface area contributed by atoms with E-state index >= 15 is 0 Å². The van der Waals surface area contributed by atoms with Crippen LogP contribution >= 0.6 is 23.2 Å². The fourth-order valence-corrected chi connectivity index (χ4v) is 7.52. The lowest BCUT2D eigenvalue weighted by Crippen LogP contribution is -2.26. The lowest BCUT2D eigenvalue weighted by molar-refractivity contribution is 0.666. The zero-order valence-corrected chi connectivity index (χ0v) is 24.5. The van der Waals surface area contributed by atoms with Crippen molar-refractivity contribution < 1.29 is 4.42 Å². The highest BCUT2D eigenvalue weighted by atomic mass is 35.5. The third-order valence-electron chi connectivity index (χ3n) is 8.73. The molecule has 2 aromatic heterocycles. The summed E-state index contributed by atoms with van der Waals surface area (Å²) >= 11 is 12.5. The average molecular weight is 595 g/mol. The predicted octanol–water partition coefficient (Wildman–Crippen LogP) is 10.1. The van der Waals surface area contributed by atoms with E-state index in [1.807, 2.05) is 24.3 Å². The van der Waals surface area contributed by atoms with Crippen molar-refractivity contribution in [3.05, 3.63) is 147 Å². The molecule has 0 fully saturated rings. The molecule has 2 heterocycles. The summed E-state index contributed by atoms with van der Waals surface area (Å²) in [6.45, 7) is 6.16. The molecule has 0 amide bonds. The number of allylic oxidation sites excluding steroid dienone is 5. The summed E-state index contributed by atoms with van der Waals surface area (Å²) in [6, 6.07) is 29.6. The Morgan fingerprint density at radius 2 is 1.60 bits per heavy atom. The third kappa shape index (κ3) is 3.38. The van der Waals surface area contributed by atoms with Gasteiger partial charge >= 0.3 is 0 Å². The zero-order valence-electron chi connectivity index (χ0n) is 23.0. The van der Waals surface area contributed by atoms with Gasteiger partial charge in [-0.3, -0.25) is 0 Å². The van der Waals surface area contributed by atoms with Crippen LogP contribution in [0.5, 0.6) is 0 Å². The molecule has 0 saturated carbocycles. The van der Waals surface area contributed by atoms with Crippen molar-refractivity contribution in [2.24, 2.45) is 0 Å². The van der Waals surface area contributed by atoms with Crippen molar-refractivity contribution in [3.63, 3.8) is 0 Å². The number of hydrogen-bond acceptors (Lipinski definition) is 4. The number of aromatic nitrogens is 2. The predicted molar refractivity (Wildman–Crippen MR) is 173 cm³/mol. The number of furan rings is 1. The lowest BCUT2D eigenvalue weighted by atomic mass is 9.69. The molecular formula is C37H21Cl2N3O. The first kappa shape index (κ1) is 25.7. The molecule has 2 aliphatic rings. The molecule has 1 unspecified atom stereocenters. The first-order valence-corrected chi connectivity index (χ1v) is 14.6. The van der Waals surface area contributed by atoms with Crippen LogP contribution in [0.15, 0.2) is 114 Å². The van der Waals surface area contributed by atoms with Gasteiger partial charge in [0.1, 0.15) is 11.1 Å². The van der Waals surface area contributed by atoms with E-state index in [1.54, 1.807) is 0 Å². The molecule has 0 aliphatic heterocycles. The van der Waals surface area contributed by atoms with Gasteiger partial charge in [-0.05, 0) is 105 Å². The van der Waals surface area contributed by atoms with Crippen LogP contribution in [0.25, 0.3) is 49.9 Å². The number of nitrogens with zero attached hydrogens (tertiary/aromatic N) is 3. The fourth-order valence-electron chi connectivity index (χ4n) is 7.10. The van der Waals surface area contributed by atoms with E-state index in [9.17, 15) is 5.26 Å². The van der Waals surface area contributed by atoms with Gasteiger partial charge in [-0.15, -0.1) is 0 Å². The molecule has 2 aliphatic carbocycles. The molecule has 43 heavy (non-hydrogen) atoms. The Morgan fingerprint density at radius 1 is 0.860 bits per heavy atom. The van der Waals surface area contributed by atoms with E-state index in [0.717, 1.165) is 44.3 Å². The fraction of sp³-hybridized carbons (Fsp3) is 0.0541. The van der Waals surface area contributed by atoms with Crippen LogP contribution in [0.4, 0.5) is 0 Å². The summed E-state index contributed by atoms with van der Waals surface area (Å²) in [5.74, 6) is 0. The number of hydrogen-bond donors (Lipinski definition) is 0. The highest BCUT2D eigenvalue weighted by molar-refractivity contribution is 6.36. The maximum atomic E-state index is 9.93. The second-order valence-electron chi connectivity index (χ2n) is 10.7. The first-order chi connectivity index (χ1) is 21.0. The highest BCUT2D eigenvalue weighted by Crippen LogP contribution is 2.64. The standard InChI is InChI=1S/C37H21Cl2N3O/c1-3-7-28-23(4-2)24-8-5-6-9-29(24)37(28)30-16-20(19-40)10-13-25(30)26-14-11-22(18-31(26)37)21-12-15-32-27(17-21)33-34(43-32)35(38)42-36(39)41-33/h3-18H,1H2,2H3/b23-4-,28-7+. The van der Waals surface area contributed by atoms with Crippen LogP contribution in [0, 0.1) is 11.3 Å². The molecule has 204 valence electrons. The Morgan fingerprint density at radius 3 is 2.40 bits per heavy atom. The molecule has 1 atom stereocenters. The maximum absolute atomic E-state index is 9.93. The zero-order chi connectivity index (χ0) is 29.5. The Bertz CT molecular complexity index is 2320. The van der Waals surface area contributed by atoms with Gasteiger partial charge in [-0.1, -0.05) is 84.9 Å². The molecular weight excluding hydrogens is 573 g/mol.